The van der Waals surface area contributed by atoms with Crippen LogP contribution in [0.15, 0.2) is 24.3 Å². The number of benzene rings is 1. The molecule has 1 aromatic rings. The fourth-order valence-electron chi connectivity index (χ4n) is 4.19. The van der Waals surface area contributed by atoms with Crippen molar-refractivity contribution < 1.29 is 9.18 Å². The minimum Gasteiger partial charge on any atom is -0.331 e. The molecular weight excluding hydrogens is 279 g/mol. The lowest BCUT2D eigenvalue weighted by molar-refractivity contribution is -0.144. The van der Waals surface area contributed by atoms with Crippen molar-refractivity contribution in [3.8, 4) is 0 Å². The maximum absolute atomic E-state index is 14.0. The van der Waals surface area contributed by atoms with Gasteiger partial charge in [0.1, 0.15) is 5.82 Å². The van der Waals surface area contributed by atoms with Gasteiger partial charge in [0.2, 0.25) is 5.91 Å². The van der Waals surface area contributed by atoms with Gasteiger partial charge >= 0.3 is 0 Å². The quantitative estimate of drug-likeness (QED) is 0.856. The predicted molar refractivity (Wildman–Crippen MR) is 84.8 cm³/mol. The first kappa shape index (κ1) is 15.5. The average Bonchev–Trinajstić information content (AvgIpc) is 2.82. The summed E-state index contributed by atoms with van der Waals surface area (Å²) in [6, 6.07) is 7.65. The number of fused-ring (bicyclic) bond motifs is 1. The van der Waals surface area contributed by atoms with Gasteiger partial charge in [-0.05, 0) is 39.7 Å². The SMILES string of the molecule is CC(C)N1CC[C@@]2(C)[C@@H]1CCC(=O)N2Cc1ccccc1F. The number of halogens is 1. The molecular formula is C18H25FN2O. The molecule has 1 aromatic carbocycles. The van der Waals surface area contributed by atoms with Crippen LogP contribution in [0.2, 0.25) is 0 Å². The summed E-state index contributed by atoms with van der Waals surface area (Å²) in [5.41, 5.74) is 0.433. The van der Waals surface area contributed by atoms with E-state index in [2.05, 4.69) is 25.7 Å². The zero-order valence-electron chi connectivity index (χ0n) is 13.7. The van der Waals surface area contributed by atoms with Crippen molar-refractivity contribution in [2.45, 2.75) is 64.2 Å². The molecule has 0 bridgehead atoms. The zero-order chi connectivity index (χ0) is 15.9. The van der Waals surface area contributed by atoms with Crippen LogP contribution in [0.25, 0.3) is 0 Å². The van der Waals surface area contributed by atoms with Crippen LogP contribution in [0.1, 0.15) is 45.6 Å². The molecule has 4 heteroatoms. The minimum atomic E-state index is -0.222. The van der Waals surface area contributed by atoms with Crippen molar-refractivity contribution in [2.24, 2.45) is 0 Å². The van der Waals surface area contributed by atoms with Gasteiger partial charge < -0.3 is 4.90 Å². The summed E-state index contributed by atoms with van der Waals surface area (Å²) in [5.74, 6) is -0.0626. The Morgan fingerprint density at radius 1 is 1.36 bits per heavy atom. The molecule has 2 aliphatic heterocycles. The van der Waals surface area contributed by atoms with E-state index in [1.807, 2.05) is 11.0 Å². The normalized spacial score (nSPS) is 29.2. The largest absolute Gasteiger partial charge is 0.331 e. The molecule has 0 unspecified atom stereocenters. The lowest BCUT2D eigenvalue weighted by Crippen LogP contribution is -2.60. The van der Waals surface area contributed by atoms with Crippen molar-refractivity contribution in [1.82, 2.24) is 9.80 Å². The number of nitrogens with zero attached hydrogens (tertiary/aromatic N) is 2. The lowest BCUT2D eigenvalue weighted by Gasteiger charge is -2.48. The number of carbonyl (C=O) groups excluding carboxylic acids is 1. The van der Waals surface area contributed by atoms with Crippen molar-refractivity contribution in [3.63, 3.8) is 0 Å². The molecule has 2 aliphatic rings. The van der Waals surface area contributed by atoms with E-state index in [-0.39, 0.29) is 17.3 Å². The first-order chi connectivity index (χ1) is 10.4. The van der Waals surface area contributed by atoms with E-state index in [1.54, 1.807) is 12.1 Å². The van der Waals surface area contributed by atoms with Gasteiger partial charge in [0.15, 0.2) is 0 Å². The Labute approximate surface area is 132 Å². The number of carbonyl (C=O) groups is 1. The Bertz CT molecular complexity index is 574. The Morgan fingerprint density at radius 2 is 2.09 bits per heavy atom. The van der Waals surface area contributed by atoms with Crippen molar-refractivity contribution in [2.75, 3.05) is 6.54 Å². The van der Waals surface area contributed by atoms with E-state index in [4.69, 9.17) is 0 Å². The first-order valence-corrected chi connectivity index (χ1v) is 8.23. The summed E-state index contributed by atoms with van der Waals surface area (Å²) >= 11 is 0. The maximum Gasteiger partial charge on any atom is 0.223 e. The van der Waals surface area contributed by atoms with Gasteiger partial charge in [-0.2, -0.15) is 0 Å². The molecule has 0 aromatic heterocycles. The highest BCUT2D eigenvalue weighted by atomic mass is 19.1. The van der Waals surface area contributed by atoms with Crippen LogP contribution < -0.4 is 0 Å². The molecule has 0 N–H and O–H groups in total. The monoisotopic (exact) mass is 304 g/mol. The fourth-order valence-corrected chi connectivity index (χ4v) is 4.19. The van der Waals surface area contributed by atoms with Crippen molar-refractivity contribution in [3.05, 3.63) is 35.6 Å². The molecule has 0 aliphatic carbocycles. The van der Waals surface area contributed by atoms with Crippen molar-refractivity contribution >= 4 is 5.91 Å². The number of rotatable bonds is 3. The van der Waals surface area contributed by atoms with Crippen LogP contribution >= 0.6 is 0 Å². The Balaban J connectivity index is 1.89. The second kappa shape index (κ2) is 5.65. The third-order valence-corrected chi connectivity index (χ3v) is 5.49. The zero-order valence-corrected chi connectivity index (χ0v) is 13.7. The minimum absolute atomic E-state index is 0.160. The lowest BCUT2D eigenvalue weighted by atomic mass is 9.82. The molecule has 22 heavy (non-hydrogen) atoms. The highest BCUT2D eigenvalue weighted by Crippen LogP contribution is 2.42. The highest BCUT2D eigenvalue weighted by Gasteiger charge is 2.52. The number of hydrogen-bond donors (Lipinski definition) is 0. The standard InChI is InChI=1S/C18H25FN2O/c1-13(2)20-11-10-18(3)16(20)8-9-17(22)21(18)12-14-6-4-5-7-15(14)19/h4-7,13,16H,8-12H2,1-3H3/t16-,18-/m0/s1. The molecule has 120 valence electrons. The Morgan fingerprint density at radius 3 is 2.77 bits per heavy atom. The molecule has 2 atom stereocenters. The van der Waals surface area contributed by atoms with Crippen LogP contribution in [0.4, 0.5) is 4.39 Å². The third kappa shape index (κ3) is 2.43. The van der Waals surface area contributed by atoms with Gasteiger partial charge in [-0.3, -0.25) is 9.69 Å². The van der Waals surface area contributed by atoms with Crippen molar-refractivity contribution in [1.29, 1.82) is 0 Å². The summed E-state index contributed by atoms with van der Waals surface area (Å²) < 4.78 is 14.0. The summed E-state index contributed by atoms with van der Waals surface area (Å²) in [4.78, 5) is 17.0. The van der Waals surface area contributed by atoms with E-state index in [0.717, 1.165) is 19.4 Å². The van der Waals surface area contributed by atoms with Crippen LogP contribution in [-0.2, 0) is 11.3 Å². The maximum atomic E-state index is 14.0. The second-order valence-electron chi connectivity index (χ2n) is 7.06. The van der Waals surface area contributed by atoms with Gasteiger partial charge in [-0.1, -0.05) is 18.2 Å². The average molecular weight is 304 g/mol. The molecule has 2 saturated heterocycles. The molecule has 3 rings (SSSR count). The van der Waals surface area contributed by atoms with E-state index in [0.29, 0.717) is 30.6 Å². The highest BCUT2D eigenvalue weighted by molar-refractivity contribution is 5.78. The van der Waals surface area contributed by atoms with Gasteiger partial charge in [0.25, 0.3) is 0 Å². The first-order valence-electron chi connectivity index (χ1n) is 8.23. The predicted octanol–water partition coefficient (Wildman–Crippen LogP) is 3.19. The number of piperidine rings is 1. The van der Waals surface area contributed by atoms with Crippen LogP contribution in [0.5, 0.6) is 0 Å². The van der Waals surface area contributed by atoms with E-state index < -0.39 is 0 Å². The molecule has 2 heterocycles. The molecule has 0 saturated carbocycles. The van der Waals surface area contributed by atoms with Gasteiger partial charge in [0, 0.05) is 37.2 Å². The second-order valence-corrected chi connectivity index (χ2v) is 7.06. The van der Waals surface area contributed by atoms with Crippen LogP contribution in [0, 0.1) is 5.82 Å². The number of likely N-dealkylation sites (tertiary alicyclic amines) is 2. The molecule has 0 spiro atoms. The van der Waals surface area contributed by atoms with E-state index >= 15 is 0 Å². The Hall–Kier alpha value is -1.42. The summed E-state index contributed by atoms with van der Waals surface area (Å²) in [6.45, 7) is 8.00. The van der Waals surface area contributed by atoms with Gasteiger partial charge in [0.05, 0.1) is 5.54 Å². The molecule has 2 fully saturated rings. The topological polar surface area (TPSA) is 23.6 Å². The smallest absolute Gasteiger partial charge is 0.223 e. The third-order valence-electron chi connectivity index (χ3n) is 5.49. The number of hydrogen-bond acceptors (Lipinski definition) is 2. The molecule has 1 amide bonds. The van der Waals surface area contributed by atoms with E-state index in [9.17, 15) is 9.18 Å². The summed E-state index contributed by atoms with van der Waals surface area (Å²) in [6.07, 6.45) is 2.45. The molecule has 3 nitrogen and oxygen atoms in total. The fraction of sp³-hybridized carbons (Fsp3) is 0.611. The van der Waals surface area contributed by atoms with Gasteiger partial charge in [-0.25, -0.2) is 4.39 Å². The number of amides is 1. The summed E-state index contributed by atoms with van der Waals surface area (Å²) in [7, 11) is 0. The molecule has 0 radical (unpaired) electrons. The van der Waals surface area contributed by atoms with Crippen LogP contribution in [-0.4, -0.2) is 39.9 Å². The van der Waals surface area contributed by atoms with Crippen LogP contribution in [0.3, 0.4) is 0 Å². The van der Waals surface area contributed by atoms with E-state index in [1.165, 1.54) is 6.07 Å². The van der Waals surface area contributed by atoms with Gasteiger partial charge in [-0.15, -0.1) is 0 Å². The summed E-state index contributed by atoms with van der Waals surface area (Å²) in [5, 5.41) is 0. The Kier molecular flexibility index (Phi) is 3.98.